The van der Waals surface area contributed by atoms with Gasteiger partial charge < -0.3 is 25.5 Å². The fraction of sp³-hybridized carbons (Fsp3) is 0.238. The molecule has 0 aliphatic carbocycles. The Bertz CT molecular complexity index is 1160. The van der Waals surface area contributed by atoms with Gasteiger partial charge in [0.15, 0.2) is 22.8 Å². The average molecular weight is 441 g/mol. The van der Waals surface area contributed by atoms with Crippen LogP contribution in [0.4, 0.5) is 10.3 Å². The maximum atomic E-state index is 10.9. The van der Waals surface area contributed by atoms with Gasteiger partial charge in [0.05, 0.1) is 10.2 Å². The minimum absolute atomic E-state index is 0.256. The second kappa shape index (κ2) is 7.93. The van der Waals surface area contributed by atoms with Gasteiger partial charge in [-0.3, -0.25) is 0 Å². The third kappa shape index (κ3) is 3.66. The standard InChI is InChI=1S/C21H20N4O3S2/c26-18(24-20-22-15-6-1-2-7-17(15)30-20)13-5-3-4-12-8-9-25(10-14(12)13)21-23-16(11-29-21)19(27)28/h1-7,11,18-19,26-28H,8-10H2,(H,22,24). The molecule has 1 aliphatic rings. The largest absolute Gasteiger partial charge is 0.369 e. The van der Waals surface area contributed by atoms with Crippen molar-refractivity contribution in [3.63, 3.8) is 0 Å². The summed E-state index contributed by atoms with van der Waals surface area (Å²) in [5.74, 6) is 0. The Balaban J connectivity index is 1.40. The van der Waals surface area contributed by atoms with Crippen LogP contribution >= 0.6 is 22.7 Å². The fourth-order valence-corrected chi connectivity index (χ4v) is 5.45. The maximum absolute atomic E-state index is 10.9. The first-order valence-corrected chi connectivity index (χ1v) is 11.3. The SMILES string of the molecule is OC(O)c1csc(N2CCc3cccc(C(O)Nc4nc5ccccc5s4)c3C2)n1. The predicted octanol–water partition coefficient (Wildman–Crippen LogP) is 3.40. The second-order valence-electron chi connectivity index (χ2n) is 7.12. The third-order valence-corrected chi connectivity index (χ3v) is 7.09. The van der Waals surface area contributed by atoms with E-state index < -0.39 is 12.5 Å². The molecule has 154 valence electrons. The first-order valence-electron chi connectivity index (χ1n) is 9.56. The van der Waals surface area contributed by atoms with Crippen molar-refractivity contribution in [2.24, 2.45) is 0 Å². The summed E-state index contributed by atoms with van der Waals surface area (Å²) in [5, 5.41) is 35.8. The van der Waals surface area contributed by atoms with E-state index in [4.69, 9.17) is 0 Å². The number of aliphatic hydroxyl groups is 3. The number of rotatable bonds is 5. The molecule has 30 heavy (non-hydrogen) atoms. The number of nitrogens with zero attached hydrogens (tertiary/aromatic N) is 3. The molecule has 0 saturated carbocycles. The van der Waals surface area contributed by atoms with Crippen LogP contribution in [0.15, 0.2) is 47.8 Å². The average Bonchev–Trinajstić information content (AvgIpc) is 3.40. The molecule has 0 saturated heterocycles. The molecule has 4 aromatic rings. The summed E-state index contributed by atoms with van der Waals surface area (Å²) >= 11 is 2.90. The zero-order valence-corrected chi connectivity index (χ0v) is 17.5. The quantitative estimate of drug-likeness (QED) is 0.353. The highest BCUT2D eigenvalue weighted by Crippen LogP contribution is 2.33. The molecule has 4 N–H and O–H groups in total. The Morgan fingerprint density at radius 1 is 1.03 bits per heavy atom. The second-order valence-corrected chi connectivity index (χ2v) is 8.99. The summed E-state index contributed by atoms with van der Waals surface area (Å²) in [5.41, 5.74) is 4.24. The summed E-state index contributed by atoms with van der Waals surface area (Å²) < 4.78 is 1.07. The molecule has 2 aromatic heterocycles. The van der Waals surface area contributed by atoms with E-state index in [-0.39, 0.29) is 5.69 Å². The van der Waals surface area contributed by atoms with E-state index in [9.17, 15) is 15.3 Å². The van der Waals surface area contributed by atoms with Gasteiger partial charge in [0.1, 0.15) is 5.69 Å². The Hall–Kier alpha value is -2.56. The summed E-state index contributed by atoms with van der Waals surface area (Å²) in [6, 6.07) is 13.9. The number of aromatic nitrogens is 2. The lowest BCUT2D eigenvalue weighted by Gasteiger charge is -2.31. The van der Waals surface area contributed by atoms with Gasteiger partial charge in [0, 0.05) is 24.0 Å². The number of nitrogens with one attached hydrogen (secondary N) is 1. The molecular formula is C21H20N4O3S2. The molecule has 7 nitrogen and oxygen atoms in total. The summed E-state index contributed by atoms with van der Waals surface area (Å²) in [6.45, 7) is 1.38. The van der Waals surface area contributed by atoms with Crippen molar-refractivity contribution in [2.45, 2.75) is 25.5 Å². The van der Waals surface area contributed by atoms with Crippen molar-refractivity contribution >= 4 is 43.2 Å². The highest BCUT2D eigenvalue weighted by Gasteiger charge is 2.24. The van der Waals surface area contributed by atoms with Crippen LogP contribution in [0.1, 0.15) is 34.9 Å². The molecule has 0 spiro atoms. The number of fused-ring (bicyclic) bond motifs is 2. The number of benzene rings is 2. The smallest absolute Gasteiger partial charge is 0.196 e. The number of para-hydroxylation sites is 1. The minimum atomic E-state index is -1.57. The van der Waals surface area contributed by atoms with Crippen molar-refractivity contribution in [3.05, 3.63) is 70.2 Å². The Morgan fingerprint density at radius 2 is 1.90 bits per heavy atom. The Kier molecular flexibility index (Phi) is 5.13. The molecule has 0 radical (unpaired) electrons. The lowest BCUT2D eigenvalue weighted by Crippen LogP contribution is -2.32. The molecule has 0 amide bonds. The van der Waals surface area contributed by atoms with Gasteiger partial charge in [-0.25, -0.2) is 9.97 Å². The summed E-state index contributed by atoms with van der Waals surface area (Å²) in [6.07, 6.45) is -1.62. The van der Waals surface area contributed by atoms with E-state index in [0.717, 1.165) is 39.4 Å². The van der Waals surface area contributed by atoms with E-state index in [1.165, 1.54) is 28.2 Å². The van der Waals surface area contributed by atoms with E-state index in [0.29, 0.717) is 11.7 Å². The van der Waals surface area contributed by atoms with Gasteiger partial charge in [-0.2, -0.15) is 0 Å². The van der Waals surface area contributed by atoms with Crippen LogP contribution in [0.2, 0.25) is 0 Å². The van der Waals surface area contributed by atoms with Crippen LogP contribution in [-0.2, 0) is 13.0 Å². The lowest BCUT2D eigenvalue weighted by atomic mass is 9.94. The van der Waals surface area contributed by atoms with E-state index in [1.54, 1.807) is 5.38 Å². The van der Waals surface area contributed by atoms with Crippen LogP contribution in [0.5, 0.6) is 0 Å². The Morgan fingerprint density at radius 3 is 2.70 bits per heavy atom. The lowest BCUT2D eigenvalue weighted by molar-refractivity contribution is -0.0453. The topological polar surface area (TPSA) is 102 Å². The normalized spacial score (nSPS) is 14.9. The molecule has 1 atom stereocenters. The fourth-order valence-electron chi connectivity index (χ4n) is 3.70. The number of hydrogen-bond donors (Lipinski definition) is 4. The maximum Gasteiger partial charge on any atom is 0.196 e. The first kappa shape index (κ1) is 19.4. The zero-order chi connectivity index (χ0) is 20.7. The minimum Gasteiger partial charge on any atom is -0.369 e. The zero-order valence-electron chi connectivity index (χ0n) is 15.9. The van der Waals surface area contributed by atoms with Crippen LogP contribution < -0.4 is 10.2 Å². The highest BCUT2D eigenvalue weighted by atomic mass is 32.1. The van der Waals surface area contributed by atoms with Crippen molar-refractivity contribution < 1.29 is 15.3 Å². The van der Waals surface area contributed by atoms with Crippen LogP contribution in [0.25, 0.3) is 10.2 Å². The van der Waals surface area contributed by atoms with Gasteiger partial charge in [0.25, 0.3) is 0 Å². The number of hydrogen-bond acceptors (Lipinski definition) is 9. The first-order chi connectivity index (χ1) is 14.6. The molecule has 3 heterocycles. The van der Waals surface area contributed by atoms with E-state index >= 15 is 0 Å². The van der Waals surface area contributed by atoms with Crippen LogP contribution in [0, 0.1) is 0 Å². The molecule has 1 unspecified atom stereocenters. The van der Waals surface area contributed by atoms with Crippen molar-refractivity contribution in [1.29, 1.82) is 0 Å². The number of anilines is 2. The van der Waals surface area contributed by atoms with Crippen molar-refractivity contribution in [1.82, 2.24) is 9.97 Å². The number of aliphatic hydroxyl groups excluding tert-OH is 2. The van der Waals surface area contributed by atoms with Gasteiger partial charge in [-0.1, -0.05) is 41.7 Å². The third-order valence-electron chi connectivity index (χ3n) is 5.20. The molecule has 0 bridgehead atoms. The number of thiazole rings is 2. The molecule has 1 aliphatic heterocycles. The molecule has 0 fully saturated rings. The van der Waals surface area contributed by atoms with Crippen LogP contribution in [0.3, 0.4) is 0 Å². The molecule has 2 aromatic carbocycles. The summed E-state index contributed by atoms with van der Waals surface area (Å²) in [4.78, 5) is 11.0. The molecular weight excluding hydrogens is 420 g/mol. The van der Waals surface area contributed by atoms with Gasteiger partial charge in [0.2, 0.25) is 0 Å². The predicted molar refractivity (Wildman–Crippen MR) is 119 cm³/mol. The summed E-state index contributed by atoms with van der Waals surface area (Å²) in [7, 11) is 0. The molecule has 9 heteroatoms. The molecule has 5 rings (SSSR count). The monoisotopic (exact) mass is 440 g/mol. The van der Waals surface area contributed by atoms with Crippen LogP contribution in [-0.4, -0.2) is 31.8 Å². The van der Waals surface area contributed by atoms with Crippen molar-refractivity contribution in [2.75, 3.05) is 16.8 Å². The highest BCUT2D eigenvalue weighted by molar-refractivity contribution is 7.22. The van der Waals surface area contributed by atoms with Gasteiger partial charge in [-0.05, 0) is 29.7 Å². The van der Waals surface area contributed by atoms with Gasteiger partial charge >= 0.3 is 0 Å². The van der Waals surface area contributed by atoms with Crippen molar-refractivity contribution in [3.8, 4) is 0 Å². The van der Waals surface area contributed by atoms with E-state index in [1.807, 2.05) is 36.4 Å². The van der Waals surface area contributed by atoms with Gasteiger partial charge in [-0.15, -0.1) is 11.3 Å². The van der Waals surface area contributed by atoms with E-state index in [2.05, 4.69) is 26.3 Å². The Labute approximate surface area is 180 Å².